The molecule has 1 fully saturated rings. The smallest absolute Gasteiger partial charge is 0.320 e. The van der Waals surface area contributed by atoms with Crippen LogP contribution in [0, 0.1) is 0 Å². The fourth-order valence-electron chi connectivity index (χ4n) is 4.55. The molecule has 0 bridgehead atoms. The standard InChI is InChI=1S/C27H24Cl2N4O/c28-23-10-6-11-24(29)26(23)21-14-12-20(13-15-21)25-18-33(31-30-25)27(34)32-16-5-4-9-22(32)17-19-7-2-1-3-8-19/h1-3,6-8,10-15,18,22H,4-5,9,16-17H2. The highest BCUT2D eigenvalue weighted by atomic mass is 35.5. The predicted molar refractivity (Wildman–Crippen MR) is 136 cm³/mol. The van der Waals surface area contributed by atoms with Gasteiger partial charge in [-0.25, -0.2) is 4.79 Å². The Hall–Kier alpha value is -3.15. The largest absolute Gasteiger partial charge is 0.346 e. The van der Waals surface area contributed by atoms with Crippen molar-refractivity contribution in [2.45, 2.75) is 31.7 Å². The summed E-state index contributed by atoms with van der Waals surface area (Å²) in [6, 6.07) is 23.6. The van der Waals surface area contributed by atoms with Crippen molar-refractivity contribution in [3.8, 4) is 22.4 Å². The molecule has 2 heterocycles. The number of nitrogens with zero attached hydrogens (tertiary/aromatic N) is 4. The number of piperidine rings is 1. The summed E-state index contributed by atoms with van der Waals surface area (Å²) < 4.78 is 1.36. The van der Waals surface area contributed by atoms with Crippen molar-refractivity contribution in [2.24, 2.45) is 0 Å². The van der Waals surface area contributed by atoms with Crippen molar-refractivity contribution < 1.29 is 4.79 Å². The first-order valence-electron chi connectivity index (χ1n) is 11.4. The number of benzene rings is 3. The number of hydrogen-bond donors (Lipinski definition) is 0. The van der Waals surface area contributed by atoms with Crippen LogP contribution >= 0.6 is 23.2 Å². The molecule has 34 heavy (non-hydrogen) atoms. The minimum Gasteiger partial charge on any atom is -0.320 e. The van der Waals surface area contributed by atoms with Gasteiger partial charge in [0.05, 0.1) is 6.20 Å². The summed E-state index contributed by atoms with van der Waals surface area (Å²) in [5.41, 5.74) is 4.46. The molecule has 5 nitrogen and oxygen atoms in total. The average molecular weight is 491 g/mol. The monoisotopic (exact) mass is 490 g/mol. The quantitative estimate of drug-likeness (QED) is 0.309. The summed E-state index contributed by atoms with van der Waals surface area (Å²) in [7, 11) is 0. The first-order valence-corrected chi connectivity index (χ1v) is 12.2. The SMILES string of the molecule is O=C(N1CCCCC1Cc1ccccc1)n1cc(-c2ccc(-c3c(Cl)cccc3Cl)cc2)nn1. The van der Waals surface area contributed by atoms with E-state index >= 15 is 0 Å². The van der Waals surface area contributed by atoms with E-state index in [1.165, 1.54) is 10.2 Å². The van der Waals surface area contributed by atoms with Crippen LogP contribution in [0.25, 0.3) is 22.4 Å². The highest BCUT2D eigenvalue weighted by molar-refractivity contribution is 6.39. The molecule has 1 aliphatic heterocycles. The van der Waals surface area contributed by atoms with E-state index in [4.69, 9.17) is 23.2 Å². The summed E-state index contributed by atoms with van der Waals surface area (Å²) in [4.78, 5) is 15.3. The van der Waals surface area contributed by atoms with Gasteiger partial charge < -0.3 is 4.90 Å². The molecule has 3 aromatic carbocycles. The molecule has 1 aromatic heterocycles. The Morgan fingerprint density at radius 1 is 0.882 bits per heavy atom. The molecule has 1 amide bonds. The van der Waals surface area contributed by atoms with Gasteiger partial charge in [0.15, 0.2) is 0 Å². The summed E-state index contributed by atoms with van der Waals surface area (Å²) in [5.74, 6) is 0. The second-order valence-electron chi connectivity index (χ2n) is 8.54. The summed E-state index contributed by atoms with van der Waals surface area (Å²) in [6.07, 6.45) is 5.68. The number of halogens is 2. The third kappa shape index (κ3) is 4.72. The number of amides is 1. The van der Waals surface area contributed by atoms with Crippen LogP contribution < -0.4 is 0 Å². The van der Waals surface area contributed by atoms with Crippen LogP contribution in [0.5, 0.6) is 0 Å². The number of aromatic nitrogens is 3. The molecule has 0 radical (unpaired) electrons. The highest BCUT2D eigenvalue weighted by Gasteiger charge is 2.28. The molecule has 1 aliphatic rings. The lowest BCUT2D eigenvalue weighted by molar-refractivity contribution is 0.149. The molecule has 5 rings (SSSR count). The lowest BCUT2D eigenvalue weighted by Crippen LogP contribution is -2.46. The van der Waals surface area contributed by atoms with Gasteiger partial charge in [-0.3, -0.25) is 0 Å². The van der Waals surface area contributed by atoms with Gasteiger partial charge in [-0.2, -0.15) is 4.68 Å². The Morgan fingerprint density at radius 2 is 1.59 bits per heavy atom. The van der Waals surface area contributed by atoms with Gasteiger partial charge in [0.25, 0.3) is 0 Å². The number of likely N-dealkylation sites (tertiary alicyclic amines) is 1. The minimum absolute atomic E-state index is 0.126. The van der Waals surface area contributed by atoms with Crippen molar-refractivity contribution in [1.82, 2.24) is 19.9 Å². The number of carbonyl (C=O) groups excluding carboxylic acids is 1. The third-order valence-electron chi connectivity index (χ3n) is 6.31. The van der Waals surface area contributed by atoms with E-state index < -0.39 is 0 Å². The van der Waals surface area contributed by atoms with Crippen molar-refractivity contribution in [2.75, 3.05) is 6.54 Å². The number of carbonyl (C=O) groups is 1. The summed E-state index contributed by atoms with van der Waals surface area (Å²) in [6.45, 7) is 0.735. The third-order valence-corrected chi connectivity index (χ3v) is 6.94. The number of rotatable bonds is 4. The van der Waals surface area contributed by atoms with Crippen LogP contribution in [0.4, 0.5) is 4.79 Å². The van der Waals surface area contributed by atoms with E-state index in [1.54, 1.807) is 6.20 Å². The maximum Gasteiger partial charge on any atom is 0.346 e. The van der Waals surface area contributed by atoms with Crippen LogP contribution in [-0.2, 0) is 6.42 Å². The molecule has 7 heteroatoms. The van der Waals surface area contributed by atoms with Crippen LogP contribution in [-0.4, -0.2) is 38.5 Å². The molecular formula is C27H24Cl2N4O. The molecule has 0 N–H and O–H groups in total. The lowest BCUT2D eigenvalue weighted by atomic mass is 9.96. The van der Waals surface area contributed by atoms with Crippen molar-refractivity contribution in [1.29, 1.82) is 0 Å². The molecular weight excluding hydrogens is 467 g/mol. The Balaban J connectivity index is 1.34. The normalized spacial score (nSPS) is 15.9. The van der Waals surface area contributed by atoms with E-state index in [1.807, 2.05) is 65.6 Å². The second kappa shape index (κ2) is 10.00. The van der Waals surface area contributed by atoms with Gasteiger partial charge in [0.2, 0.25) is 0 Å². The summed E-state index contributed by atoms with van der Waals surface area (Å²) >= 11 is 12.7. The van der Waals surface area contributed by atoms with E-state index in [9.17, 15) is 4.79 Å². The highest BCUT2D eigenvalue weighted by Crippen LogP contribution is 2.35. The maximum atomic E-state index is 13.3. The van der Waals surface area contributed by atoms with Gasteiger partial charge in [-0.1, -0.05) is 89.1 Å². The van der Waals surface area contributed by atoms with Gasteiger partial charge in [-0.05, 0) is 48.9 Å². The first kappa shape index (κ1) is 22.6. The fourth-order valence-corrected chi connectivity index (χ4v) is 5.17. The second-order valence-corrected chi connectivity index (χ2v) is 9.35. The van der Waals surface area contributed by atoms with Gasteiger partial charge in [-0.15, -0.1) is 5.10 Å². The van der Waals surface area contributed by atoms with Crippen LogP contribution in [0.1, 0.15) is 24.8 Å². The van der Waals surface area contributed by atoms with Crippen molar-refractivity contribution >= 4 is 29.2 Å². The van der Waals surface area contributed by atoms with Gasteiger partial charge in [0.1, 0.15) is 5.69 Å². The van der Waals surface area contributed by atoms with Crippen LogP contribution in [0.2, 0.25) is 10.0 Å². The zero-order chi connectivity index (χ0) is 23.5. The first-order chi connectivity index (χ1) is 16.6. The topological polar surface area (TPSA) is 51.0 Å². The van der Waals surface area contributed by atoms with E-state index in [0.717, 1.165) is 48.9 Å². The molecule has 1 unspecified atom stereocenters. The Morgan fingerprint density at radius 3 is 2.32 bits per heavy atom. The van der Waals surface area contributed by atoms with Gasteiger partial charge >= 0.3 is 6.03 Å². The maximum absolute atomic E-state index is 13.3. The van der Waals surface area contributed by atoms with E-state index in [2.05, 4.69) is 22.4 Å². The molecule has 1 atom stereocenters. The van der Waals surface area contributed by atoms with Gasteiger partial charge in [0, 0.05) is 33.8 Å². The van der Waals surface area contributed by atoms with Crippen LogP contribution in [0.15, 0.2) is 79.0 Å². The molecule has 172 valence electrons. The van der Waals surface area contributed by atoms with E-state index in [0.29, 0.717) is 15.7 Å². The summed E-state index contributed by atoms with van der Waals surface area (Å²) in [5, 5.41) is 9.61. The zero-order valence-electron chi connectivity index (χ0n) is 18.6. The molecule has 0 aliphatic carbocycles. The molecule has 0 spiro atoms. The molecule has 1 saturated heterocycles. The Kier molecular flexibility index (Phi) is 6.66. The minimum atomic E-state index is -0.126. The van der Waals surface area contributed by atoms with E-state index in [-0.39, 0.29) is 12.1 Å². The molecule has 4 aromatic rings. The Labute approximate surface area is 208 Å². The zero-order valence-corrected chi connectivity index (χ0v) is 20.1. The predicted octanol–water partition coefficient (Wildman–Crippen LogP) is 6.98. The average Bonchev–Trinajstić information content (AvgIpc) is 3.35. The van der Waals surface area contributed by atoms with Crippen LogP contribution in [0.3, 0.4) is 0 Å². The van der Waals surface area contributed by atoms with Crippen molar-refractivity contribution in [3.63, 3.8) is 0 Å². The fraction of sp³-hybridized carbons (Fsp3) is 0.222. The lowest BCUT2D eigenvalue weighted by Gasteiger charge is -2.35. The molecule has 0 saturated carbocycles. The Bertz CT molecular complexity index is 1270. The van der Waals surface area contributed by atoms with Crippen molar-refractivity contribution in [3.05, 3.63) is 94.6 Å². The number of hydrogen-bond acceptors (Lipinski definition) is 3.